The summed E-state index contributed by atoms with van der Waals surface area (Å²) >= 11 is 0. The number of hydrogen-bond donors (Lipinski definition) is 2. The largest absolute Gasteiger partial charge is 0.455 e. The Morgan fingerprint density at radius 1 is 1.22 bits per heavy atom. The Kier molecular flexibility index (Phi) is 7.11. The number of nitrogens with one attached hydrogen (secondary N) is 2. The topological polar surface area (TPSA) is 136 Å². The predicted molar refractivity (Wildman–Crippen MR) is 98.6 cm³/mol. The molecular formula is C16H20N2O7S2. The number of amides is 1. The lowest BCUT2D eigenvalue weighted by Gasteiger charge is -2.11. The molecule has 2 N–H and O–H groups in total. The van der Waals surface area contributed by atoms with Gasteiger partial charge in [0.25, 0.3) is 5.91 Å². The van der Waals surface area contributed by atoms with E-state index in [1.165, 1.54) is 6.08 Å². The van der Waals surface area contributed by atoms with Crippen molar-refractivity contribution in [1.82, 2.24) is 10.0 Å². The smallest absolute Gasteiger partial charge is 0.321 e. The average molecular weight is 416 g/mol. The number of ether oxygens (including phenoxy) is 1. The second-order valence-corrected chi connectivity index (χ2v) is 9.79. The Bertz CT molecular complexity index is 909. The first kappa shape index (κ1) is 21.1. The molecule has 1 aliphatic heterocycles. The zero-order valence-electron chi connectivity index (χ0n) is 14.3. The van der Waals surface area contributed by atoms with Crippen LogP contribution >= 0.6 is 0 Å². The van der Waals surface area contributed by atoms with Crippen LogP contribution in [0.3, 0.4) is 0 Å². The van der Waals surface area contributed by atoms with Crippen LogP contribution in [-0.4, -0.2) is 59.4 Å². The fourth-order valence-electron chi connectivity index (χ4n) is 2.32. The number of esters is 1. The Balaban J connectivity index is 1.70. The molecule has 0 aromatic heterocycles. The third-order valence-corrected chi connectivity index (χ3v) is 6.43. The number of carbonyl (C=O) groups is 2. The molecule has 11 heteroatoms. The van der Waals surface area contributed by atoms with Crippen LogP contribution in [0.4, 0.5) is 0 Å². The Hall–Kier alpha value is -2.24. The van der Waals surface area contributed by atoms with Crippen molar-refractivity contribution in [2.75, 3.05) is 24.7 Å². The summed E-state index contributed by atoms with van der Waals surface area (Å²) in [5, 5.41) is 3.38. The highest BCUT2D eigenvalue weighted by molar-refractivity contribution is 7.92. The first-order valence-electron chi connectivity index (χ1n) is 8.03. The van der Waals surface area contributed by atoms with Gasteiger partial charge >= 0.3 is 5.97 Å². The molecular weight excluding hydrogens is 396 g/mol. The van der Waals surface area contributed by atoms with E-state index in [-0.39, 0.29) is 11.5 Å². The summed E-state index contributed by atoms with van der Waals surface area (Å²) in [4.78, 5) is 23.2. The van der Waals surface area contributed by atoms with Crippen LogP contribution in [0.1, 0.15) is 12.0 Å². The summed E-state index contributed by atoms with van der Waals surface area (Å²) in [6, 6.07) is 8.24. The molecule has 148 valence electrons. The van der Waals surface area contributed by atoms with Gasteiger partial charge in [0.15, 0.2) is 16.4 Å². The second-order valence-electron chi connectivity index (χ2n) is 5.91. The maximum absolute atomic E-state index is 11.8. The van der Waals surface area contributed by atoms with Crippen molar-refractivity contribution >= 4 is 37.8 Å². The third-order valence-electron chi connectivity index (χ3n) is 3.62. The molecule has 0 unspecified atom stereocenters. The zero-order valence-corrected chi connectivity index (χ0v) is 16.0. The van der Waals surface area contributed by atoms with Gasteiger partial charge in [-0.25, -0.2) is 21.6 Å². The van der Waals surface area contributed by atoms with E-state index in [1.54, 1.807) is 30.3 Å². The summed E-state index contributed by atoms with van der Waals surface area (Å²) in [7, 11) is -6.97. The number of hydrogen-bond acceptors (Lipinski definition) is 7. The lowest BCUT2D eigenvalue weighted by atomic mass is 10.2. The molecule has 0 aliphatic carbocycles. The Morgan fingerprint density at radius 3 is 2.56 bits per heavy atom. The van der Waals surface area contributed by atoms with E-state index in [1.807, 2.05) is 4.72 Å². The standard InChI is InChI=1S/C16H20N2O7S2/c19-15(18-14-7-8-26(21,22)12-14)11-25-16(20)10-17-27(23,24)9-6-13-4-2-1-3-5-13/h1-6,9,14,17H,7-8,10-12H2,(H,18,19)/b9-6+/t14-/m1/s1. The highest BCUT2D eigenvalue weighted by atomic mass is 32.2. The minimum absolute atomic E-state index is 0.00993. The molecule has 2 rings (SSSR count). The van der Waals surface area contributed by atoms with Gasteiger partial charge in [0.05, 0.1) is 11.5 Å². The van der Waals surface area contributed by atoms with Crippen LogP contribution in [0.2, 0.25) is 0 Å². The van der Waals surface area contributed by atoms with Crippen molar-refractivity contribution in [3.8, 4) is 0 Å². The molecule has 0 spiro atoms. The molecule has 0 bridgehead atoms. The van der Waals surface area contributed by atoms with E-state index in [9.17, 15) is 26.4 Å². The van der Waals surface area contributed by atoms with E-state index in [2.05, 4.69) is 10.1 Å². The third kappa shape index (κ3) is 7.89. The van der Waals surface area contributed by atoms with Crippen LogP contribution in [0.5, 0.6) is 0 Å². The van der Waals surface area contributed by atoms with Gasteiger partial charge < -0.3 is 10.1 Å². The van der Waals surface area contributed by atoms with Gasteiger partial charge in [0.1, 0.15) is 6.54 Å². The lowest BCUT2D eigenvalue weighted by molar-refractivity contribution is -0.147. The SMILES string of the molecule is O=C(COC(=O)CNS(=O)(=O)/C=C/c1ccccc1)N[C@@H]1CCS(=O)(=O)C1. The molecule has 0 radical (unpaired) electrons. The van der Waals surface area contributed by atoms with E-state index < -0.39 is 50.9 Å². The van der Waals surface area contributed by atoms with Crippen molar-refractivity contribution in [2.24, 2.45) is 0 Å². The number of carbonyl (C=O) groups excluding carboxylic acids is 2. The van der Waals surface area contributed by atoms with Crippen molar-refractivity contribution in [3.63, 3.8) is 0 Å². The van der Waals surface area contributed by atoms with Crippen molar-refractivity contribution in [1.29, 1.82) is 0 Å². The Labute approximate surface area is 157 Å². The summed E-state index contributed by atoms with van der Waals surface area (Å²) < 4.78 is 52.9. The minimum Gasteiger partial charge on any atom is -0.455 e. The molecule has 9 nitrogen and oxygen atoms in total. The highest BCUT2D eigenvalue weighted by Crippen LogP contribution is 2.10. The molecule has 1 aromatic carbocycles. The number of rotatable bonds is 8. The number of sulfone groups is 1. The number of sulfonamides is 1. The van der Waals surface area contributed by atoms with Crippen LogP contribution in [0, 0.1) is 0 Å². The fraction of sp³-hybridized carbons (Fsp3) is 0.375. The minimum atomic E-state index is -3.84. The second kappa shape index (κ2) is 9.11. The predicted octanol–water partition coefficient (Wildman–Crippen LogP) is -0.577. The van der Waals surface area contributed by atoms with Crippen LogP contribution in [-0.2, 0) is 34.2 Å². The molecule has 27 heavy (non-hydrogen) atoms. The van der Waals surface area contributed by atoms with Gasteiger partial charge in [-0.2, -0.15) is 0 Å². The van der Waals surface area contributed by atoms with Gasteiger partial charge in [0.2, 0.25) is 10.0 Å². The van der Waals surface area contributed by atoms with Gasteiger partial charge in [-0.05, 0) is 18.1 Å². The van der Waals surface area contributed by atoms with Crippen molar-refractivity contribution < 1.29 is 31.2 Å². The molecule has 1 aliphatic rings. The normalized spacial score (nSPS) is 19.0. The summed E-state index contributed by atoms with van der Waals surface area (Å²) in [5.41, 5.74) is 0.677. The van der Waals surface area contributed by atoms with Gasteiger partial charge in [-0.1, -0.05) is 30.3 Å². The quantitative estimate of drug-likeness (QED) is 0.541. The van der Waals surface area contributed by atoms with Crippen molar-refractivity contribution in [3.05, 3.63) is 41.3 Å². The monoisotopic (exact) mass is 416 g/mol. The zero-order chi connectivity index (χ0) is 19.9. The molecule has 1 aromatic rings. The van der Waals surface area contributed by atoms with Crippen molar-refractivity contribution in [2.45, 2.75) is 12.5 Å². The molecule has 1 heterocycles. The van der Waals surface area contributed by atoms with Crippen LogP contribution in [0.15, 0.2) is 35.7 Å². The van der Waals surface area contributed by atoms with E-state index >= 15 is 0 Å². The van der Waals surface area contributed by atoms with Gasteiger partial charge in [-0.15, -0.1) is 0 Å². The molecule has 0 saturated carbocycles. The fourth-order valence-corrected chi connectivity index (χ4v) is 4.74. The van der Waals surface area contributed by atoms with Crippen LogP contribution in [0.25, 0.3) is 6.08 Å². The summed E-state index contributed by atoms with van der Waals surface area (Å²) in [6.07, 6.45) is 1.69. The molecule has 1 fully saturated rings. The first-order chi connectivity index (χ1) is 12.7. The lowest BCUT2D eigenvalue weighted by Crippen LogP contribution is -2.39. The molecule has 1 amide bonds. The first-order valence-corrected chi connectivity index (χ1v) is 11.4. The maximum Gasteiger partial charge on any atom is 0.321 e. The van der Waals surface area contributed by atoms with Crippen LogP contribution < -0.4 is 10.0 Å². The van der Waals surface area contributed by atoms with E-state index in [4.69, 9.17) is 0 Å². The Morgan fingerprint density at radius 2 is 1.93 bits per heavy atom. The number of benzene rings is 1. The van der Waals surface area contributed by atoms with Gasteiger partial charge in [0, 0.05) is 11.4 Å². The summed E-state index contributed by atoms with van der Waals surface area (Å²) in [6.45, 7) is -1.25. The maximum atomic E-state index is 11.8. The average Bonchev–Trinajstić information content (AvgIpc) is 2.96. The molecule has 1 saturated heterocycles. The highest BCUT2D eigenvalue weighted by Gasteiger charge is 2.29. The van der Waals surface area contributed by atoms with Gasteiger partial charge in [-0.3, -0.25) is 9.59 Å². The molecule has 1 atom stereocenters. The van der Waals surface area contributed by atoms with E-state index in [0.717, 1.165) is 5.41 Å². The van der Waals surface area contributed by atoms with E-state index in [0.29, 0.717) is 12.0 Å². The summed E-state index contributed by atoms with van der Waals surface area (Å²) in [5.74, 6) is -1.70.